The summed E-state index contributed by atoms with van der Waals surface area (Å²) in [6.07, 6.45) is 0.360. The van der Waals surface area contributed by atoms with Crippen LogP contribution in [0.3, 0.4) is 0 Å². The first kappa shape index (κ1) is 14.1. The van der Waals surface area contributed by atoms with Gasteiger partial charge in [-0.25, -0.2) is 4.39 Å². The first-order valence-corrected chi connectivity index (χ1v) is 5.51. The molecule has 6 heteroatoms. The highest BCUT2D eigenvalue weighted by Crippen LogP contribution is 2.08. The summed E-state index contributed by atoms with van der Waals surface area (Å²) in [6.45, 7) is 1.59. The van der Waals surface area contributed by atoms with Crippen molar-refractivity contribution in [2.75, 3.05) is 11.9 Å². The fraction of sp³-hybridized carbons (Fsp3) is 0.333. The monoisotopic (exact) mass is 254 g/mol. The summed E-state index contributed by atoms with van der Waals surface area (Å²) in [5, 5.41) is 13.3. The van der Waals surface area contributed by atoms with E-state index in [2.05, 4.69) is 10.6 Å². The number of nitrogens with one attached hydrogen (secondary N) is 2. The number of hydrogen-bond acceptors (Lipinski definition) is 3. The van der Waals surface area contributed by atoms with E-state index in [1.165, 1.54) is 18.2 Å². The van der Waals surface area contributed by atoms with Gasteiger partial charge in [0.1, 0.15) is 5.82 Å². The molecule has 98 valence electrons. The highest BCUT2D eigenvalue weighted by molar-refractivity contribution is 6.39. The van der Waals surface area contributed by atoms with Crippen LogP contribution in [-0.4, -0.2) is 29.6 Å². The molecule has 0 bridgehead atoms. The number of hydrogen-bond donors (Lipinski definition) is 3. The predicted molar refractivity (Wildman–Crippen MR) is 64.3 cm³/mol. The number of carbonyl (C=O) groups excluding carboxylic acids is 2. The number of carbonyl (C=O) groups is 2. The minimum Gasteiger partial charge on any atom is -0.396 e. The molecule has 0 aliphatic carbocycles. The maximum Gasteiger partial charge on any atom is 0.313 e. The third-order valence-electron chi connectivity index (χ3n) is 2.23. The summed E-state index contributed by atoms with van der Waals surface area (Å²) in [4.78, 5) is 22.9. The molecule has 0 unspecified atom stereocenters. The van der Waals surface area contributed by atoms with Crippen LogP contribution in [0.25, 0.3) is 0 Å². The molecule has 0 saturated carbocycles. The molecule has 0 radical (unpaired) electrons. The van der Waals surface area contributed by atoms with Gasteiger partial charge in [-0.05, 0) is 31.5 Å². The second kappa shape index (κ2) is 6.70. The largest absolute Gasteiger partial charge is 0.396 e. The molecular weight excluding hydrogens is 239 g/mol. The number of benzene rings is 1. The van der Waals surface area contributed by atoms with Crippen LogP contribution in [0.15, 0.2) is 24.3 Å². The lowest BCUT2D eigenvalue weighted by Gasteiger charge is -2.12. The molecule has 0 aliphatic heterocycles. The summed E-state index contributed by atoms with van der Waals surface area (Å²) >= 11 is 0. The van der Waals surface area contributed by atoms with Gasteiger partial charge in [-0.15, -0.1) is 0 Å². The molecule has 18 heavy (non-hydrogen) atoms. The molecule has 1 aromatic carbocycles. The Morgan fingerprint density at radius 3 is 2.72 bits per heavy atom. The first-order chi connectivity index (χ1) is 8.52. The van der Waals surface area contributed by atoms with Crippen LogP contribution in [0.5, 0.6) is 0 Å². The fourth-order valence-electron chi connectivity index (χ4n) is 1.31. The van der Waals surface area contributed by atoms with E-state index >= 15 is 0 Å². The lowest BCUT2D eigenvalue weighted by atomic mass is 10.2. The Labute approximate surface area is 104 Å². The van der Waals surface area contributed by atoms with Gasteiger partial charge in [-0.1, -0.05) is 6.07 Å². The summed E-state index contributed by atoms with van der Waals surface area (Å²) in [5.74, 6) is -2.19. The third-order valence-corrected chi connectivity index (χ3v) is 2.23. The van der Waals surface area contributed by atoms with Crippen LogP contribution in [0.2, 0.25) is 0 Å². The number of aliphatic hydroxyl groups excluding tert-OH is 1. The van der Waals surface area contributed by atoms with Gasteiger partial charge < -0.3 is 15.7 Å². The molecule has 0 aliphatic rings. The number of aliphatic hydroxyl groups is 1. The Morgan fingerprint density at radius 2 is 2.11 bits per heavy atom. The van der Waals surface area contributed by atoms with Crippen molar-refractivity contribution in [3.63, 3.8) is 0 Å². The van der Waals surface area contributed by atoms with E-state index in [4.69, 9.17) is 5.11 Å². The SMILES string of the molecule is C[C@H](CCO)NC(=O)C(=O)Nc1cccc(F)c1. The summed E-state index contributed by atoms with van der Waals surface area (Å²) in [6, 6.07) is 4.95. The van der Waals surface area contributed by atoms with E-state index < -0.39 is 17.6 Å². The summed E-state index contributed by atoms with van der Waals surface area (Å²) in [5.41, 5.74) is 0.213. The Hall–Kier alpha value is -1.95. The maximum atomic E-state index is 12.8. The molecule has 3 N–H and O–H groups in total. The number of amides is 2. The van der Waals surface area contributed by atoms with Crippen LogP contribution in [0.1, 0.15) is 13.3 Å². The normalized spacial score (nSPS) is 11.7. The van der Waals surface area contributed by atoms with Crippen LogP contribution in [-0.2, 0) is 9.59 Å². The zero-order chi connectivity index (χ0) is 13.5. The van der Waals surface area contributed by atoms with E-state index in [0.717, 1.165) is 6.07 Å². The topological polar surface area (TPSA) is 78.4 Å². The van der Waals surface area contributed by atoms with Crippen LogP contribution in [0.4, 0.5) is 10.1 Å². The van der Waals surface area contributed by atoms with Crippen LogP contribution in [0, 0.1) is 5.82 Å². The van der Waals surface area contributed by atoms with E-state index in [-0.39, 0.29) is 18.3 Å². The zero-order valence-electron chi connectivity index (χ0n) is 9.94. The molecule has 1 atom stereocenters. The van der Waals surface area contributed by atoms with Crippen molar-refractivity contribution in [2.24, 2.45) is 0 Å². The van der Waals surface area contributed by atoms with Crippen LogP contribution >= 0.6 is 0 Å². The summed E-state index contributed by atoms with van der Waals surface area (Å²) in [7, 11) is 0. The average Bonchev–Trinajstić information content (AvgIpc) is 2.29. The van der Waals surface area contributed by atoms with Gasteiger partial charge in [0.05, 0.1) is 0 Å². The lowest BCUT2D eigenvalue weighted by Crippen LogP contribution is -2.40. The van der Waals surface area contributed by atoms with Crippen molar-refractivity contribution in [1.29, 1.82) is 0 Å². The van der Waals surface area contributed by atoms with Gasteiger partial charge in [-0.2, -0.15) is 0 Å². The second-order valence-electron chi connectivity index (χ2n) is 3.85. The lowest BCUT2D eigenvalue weighted by molar-refractivity contribution is -0.136. The van der Waals surface area contributed by atoms with Gasteiger partial charge in [0, 0.05) is 18.3 Å². The maximum absolute atomic E-state index is 12.8. The van der Waals surface area contributed by atoms with Gasteiger partial charge >= 0.3 is 11.8 Å². The molecule has 1 rings (SSSR count). The number of rotatable bonds is 4. The third kappa shape index (κ3) is 4.50. The van der Waals surface area contributed by atoms with Crippen molar-refractivity contribution < 1.29 is 19.1 Å². The Morgan fingerprint density at radius 1 is 1.39 bits per heavy atom. The van der Waals surface area contributed by atoms with Crippen molar-refractivity contribution in [1.82, 2.24) is 5.32 Å². The van der Waals surface area contributed by atoms with Gasteiger partial charge in [0.2, 0.25) is 0 Å². The molecule has 0 fully saturated rings. The number of anilines is 1. The van der Waals surface area contributed by atoms with E-state index in [0.29, 0.717) is 6.42 Å². The van der Waals surface area contributed by atoms with Crippen molar-refractivity contribution >= 4 is 17.5 Å². The standard InChI is InChI=1S/C12H15FN2O3/c1-8(5-6-16)14-11(17)12(18)15-10-4-2-3-9(13)7-10/h2-4,7-8,16H,5-6H2,1H3,(H,14,17)(H,15,18)/t8-/m1/s1. The van der Waals surface area contributed by atoms with E-state index in [1.807, 2.05) is 0 Å². The van der Waals surface area contributed by atoms with Crippen molar-refractivity contribution in [2.45, 2.75) is 19.4 Å². The molecule has 0 spiro atoms. The first-order valence-electron chi connectivity index (χ1n) is 5.51. The Kier molecular flexibility index (Phi) is 5.26. The number of halogens is 1. The van der Waals surface area contributed by atoms with Crippen molar-refractivity contribution in [3.8, 4) is 0 Å². The van der Waals surface area contributed by atoms with E-state index in [1.54, 1.807) is 6.92 Å². The fourth-order valence-corrected chi connectivity index (χ4v) is 1.31. The molecular formula is C12H15FN2O3. The second-order valence-corrected chi connectivity index (χ2v) is 3.85. The summed E-state index contributed by atoms with van der Waals surface area (Å²) < 4.78 is 12.8. The van der Waals surface area contributed by atoms with Crippen molar-refractivity contribution in [3.05, 3.63) is 30.1 Å². The highest BCUT2D eigenvalue weighted by Gasteiger charge is 2.16. The van der Waals surface area contributed by atoms with Gasteiger partial charge in [-0.3, -0.25) is 9.59 Å². The molecule has 5 nitrogen and oxygen atoms in total. The molecule has 0 aromatic heterocycles. The zero-order valence-corrected chi connectivity index (χ0v) is 9.94. The smallest absolute Gasteiger partial charge is 0.313 e. The molecule has 2 amide bonds. The van der Waals surface area contributed by atoms with Gasteiger partial charge in [0.25, 0.3) is 0 Å². The Balaban J connectivity index is 2.52. The average molecular weight is 254 g/mol. The molecule has 0 heterocycles. The molecule has 0 saturated heterocycles. The Bertz CT molecular complexity index is 437. The quantitative estimate of drug-likeness (QED) is 0.690. The minimum atomic E-state index is -0.870. The molecule has 1 aromatic rings. The minimum absolute atomic E-state index is 0.0764. The van der Waals surface area contributed by atoms with Crippen LogP contribution < -0.4 is 10.6 Å². The van der Waals surface area contributed by atoms with Gasteiger partial charge in [0.15, 0.2) is 0 Å². The highest BCUT2D eigenvalue weighted by atomic mass is 19.1. The predicted octanol–water partition coefficient (Wildman–Crippen LogP) is 0.651. The van der Waals surface area contributed by atoms with E-state index in [9.17, 15) is 14.0 Å².